The van der Waals surface area contributed by atoms with Crippen LogP contribution >= 0.6 is 0 Å². The van der Waals surface area contributed by atoms with Crippen molar-refractivity contribution >= 4 is 11.9 Å². The second-order valence-electron chi connectivity index (χ2n) is 2.42. The number of carbonyl (C=O) groups is 2. The molecular weight excluding hydrogens is 174 g/mol. The lowest BCUT2D eigenvalue weighted by Gasteiger charge is -2.02. The normalized spacial score (nSPS) is 8.31. The molecule has 0 aromatic carbocycles. The van der Waals surface area contributed by atoms with Crippen LogP contribution in [0.5, 0.6) is 0 Å². The summed E-state index contributed by atoms with van der Waals surface area (Å²) < 4.78 is 0. The first kappa shape index (κ1) is 14.2. The zero-order valence-corrected chi connectivity index (χ0v) is 7.78. The number of aliphatic hydroxyl groups is 1. The van der Waals surface area contributed by atoms with Crippen molar-refractivity contribution in [1.82, 2.24) is 5.32 Å². The molecule has 0 unspecified atom stereocenters. The highest BCUT2D eigenvalue weighted by molar-refractivity contribution is 5.86. The first-order chi connectivity index (χ1) is 5.93. The van der Waals surface area contributed by atoms with E-state index in [0.717, 1.165) is 0 Å². The fraction of sp³-hybridized carbons (Fsp3) is 0.500. The smallest absolute Gasteiger partial charge is 0.329 e. The summed E-state index contributed by atoms with van der Waals surface area (Å²) in [5.74, 6) is -1.30. The van der Waals surface area contributed by atoms with Gasteiger partial charge in [0.15, 0.2) is 0 Å². The molecule has 0 aliphatic heterocycles. The maximum atomic E-state index is 10.4. The van der Waals surface area contributed by atoms with E-state index in [9.17, 15) is 4.79 Å². The minimum atomic E-state index is -1.19. The number of carbonyl (C=O) groups excluding carboxylic acids is 1. The molecule has 0 fully saturated rings. The van der Waals surface area contributed by atoms with Crippen molar-refractivity contribution in [3.8, 4) is 0 Å². The van der Waals surface area contributed by atoms with E-state index in [1.54, 1.807) is 0 Å². The van der Waals surface area contributed by atoms with Crippen LogP contribution in [0.2, 0.25) is 0 Å². The van der Waals surface area contributed by atoms with Gasteiger partial charge in [-0.2, -0.15) is 0 Å². The molecule has 0 aliphatic carbocycles. The molecule has 0 bridgehead atoms. The van der Waals surface area contributed by atoms with Crippen LogP contribution in [0.3, 0.4) is 0 Å². The van der Waals surface area contributed by atoms with Gasteiger partial charge >= 0.3 is 5.97 Å². The highest BCUT2D eigenvalue weighted by atomic mass is 16.4. The van der Waals surface area contributed by atoms with Gasteiger partial charge in [0.1, 0.15) is 6.61 Å². The van der Waals surface area contributed by atoms with Crippen LogP contribution in [-0.4, -0.2) is 34.7 Å². The molecule has 1 amide bonds. The molecule has 0 heterocycles. The summed E-state index contributed by atoms with van der Waals surface area (Å²) in [5.41, 5.74) is 0. The molecule has 3 N–H and O–H groups in total. The zero-order valence-electron chi connectivity index (χ0n) is 7.78. The Morgan fingerprint density at radius 1 is 1.54 bits per heavy atom. The molecule has 0 aromatic heterocycles. The molecule has 13 heavy (non-hydrogen) atoms. The SMILES string of the molecule is C=CC(=O)NC(C)C.O=C(O)CO. The number of nitrogens with one attached hydrogen (secondary N) is 1. The molecule has 0 atom stereocenters. The van der Waals surface area contributed by atoms with Crippen molar-refractivity contribution in [1.29, 1.82) is 0 Å². The van der Waals surface area contributed by atoms with Crippen LogP contribution in [0.1, 0.15) is 13.8 Å². The minimum Gasteiger partial charge on any atom is -0.480 e. The monoisotopic (exact) mass is 189 g/mol. The quantitative estimate of drug-likeness (QED) is 0.535. The number of aliphatic carboxylic acids is 1. The maximum Gasteiger partial charge on any atom is 0.329 e. The van der Waals surface area contributed by atoms with E-state index in [1.165, 1.54) is 6.08 Å². The second-order valence-corrected chi connectivity index (χ2v) is 2.42. The average Bonchev–Trinajstić information content (AvgIpc) is 2.04. The van der Waals surface area contributed by atoms with Gasteiger partial charge in [0.05, 0.1) is 0 Å². The predicted molar refractivity (Wildman–Crippen MR) is 48.2 cm³/mol. The van der Waals surface area contributed by atoms with E-state index in [2.05, 4.69) is 11.9 Å². The fourth-order valence-corrected chi connectivity index (χ4v) is 0.343. The summed E-state index contributed by atoms with van der Waals surface area (Å²) in [4.78, 5) is 19.5. The second kappa shape index (κ2) is 8.73. The molecule has 0 aliphatic rings. The van der Waals surface area contributed by atoms with Crippen molar-refractivity contribution in [2.45, 2.75) is 19.9 Å². The third-order valence-electron chi connectivity index (χ3n) is 0.752. The molecule has 0 saturated heterocycles. The van der Waals surface area contributed by atoms with Gasteiger partial charge in [0, 0.05) is 6.04 Å². The Morgan fingerprint density at radius 2 is 1.92 bits per heavy atom. The summed E-state index contributed by atoms with van der Waals surface area (Å²) in [7, 11) is 0. The number of hydrogen-bond acceptors (Lipinski definition) is 3. The Labute approximate surface area is 77.1 Å². The van der Waals surface area contributed by atoms with Crippen molar-refractivity contribution in [3.63, 3.8) is 0 Å². The number of rotatable bonds is 3. The number of aliphatic hydroxyl groups excluding tert-OH is 1. The Kier molecular flexibility index (Phi) is 9.53. The van der Waals surface area contributed by atoms with Crippen LogP contribution < -0.4 is 5.32 Å². The van der Waals surface area contributed by atoms with Gasteiger partial charge < -0.3 is 15.5 Å². The molecule has 0 rings (SSSR count). The van der Waals surface area contributed by atoms with Gasteiger partial charge in [-0.05, 0) is 19.9 Å². The lowest BCUT2D eigenvalue weighted by atomic mass is 10.4. The molecule has 76 valence electrons. The predicted octanol–water partition coefficient (Wildman–Crippen LogP) is -0.240. The van der Waals surface area contributed by atoms with Crippen molar-refractivity contribution in [2.75, 3.05) is 6.61 Å². The standard InChI is InChI=1S/C6H11NO.C2H4O3/c1-4-6(8)7-5(2)3;3-1-2(4)5/h4-5H,1H2,2-3H3,(H,7,8);3H,1H2,(H,4,5). The summed E-state index contributed by atoms with van der Waals surface area (Å²) in [5, 5.41) is 17.7. The van der Waals surface area contributed by atoms with Crippen molar-refractivity contribution in [3.05, 3.63) is 12.7 Å². The number of hydrogen-bond donors (Lipinski definition) is 3. The topological polar surface area (TPSA) is 86.6 Å². The summed E-state index contributed by atoms with van der Waals surface area (Å²) in [6.07, 6.45) is 1.26. The fourth-order valence-electron chi connectivity index (χ4n) is 0.343. The third-order valence-corrected chi connectivity index (χ3v) is 0.752. The van der Waals surface area contributed by atoms with Gasteiger partial charge in [-0.1, -0.05) is 6.58 Å². The number of carboxylic acids is 1. The largest absolute Gasteiger partial charge is 0.480 e. The van der Waals surface area contributed by atoms with Gasteiger partial charge in [-0.3, -0.25) is 4.79 Å². The first-order valence-electron chi connectivity index (χ1n) is 3.69. The molecule has 5 nitrogen and oxygen atoms in total. The van der Waals surface area contributed by atoms with E-state index in [4.69, 9.17) is 15.0 Å². The summed E-state index contributed by atoms with van der Waals surface area (Å²) in [6, 6.07) is 0.209. The molecule has 0 saturated carbocycles. The molecule has 0 spiro atoms. The Balaban J connectivity index is 0. The minimum absolute atomic E-state index is 0.111. The molecule has 0 radical (unpaired) electrons. The lowest BCUT2D eigenvalue weighted by Crippen LogP contribution is -2.27. The first-order valence-corrected chi connectivity index (χ1v) is 3.69. The van der Waals surface area contributed by atoms with E-state index in [0.29, 0.717) is 0 Å². The lowest BCUT2D eigenvalue weighted by molar-refractivity contribution is -0.140. The van der Waals surface area contributed by atoms with Crippen LogP contribution in [0.15, 0.2) is 12.7 Å². The maximum absolute atomic E-state index is 10.4. The third kappa shape index (κ3) is 18.0. The van der Waals surface area contributed by atoms with Crippen molar-refractivity contribution < 1.29 is 19.8 Å². The highest BCUT2D eigenvalue weighted by Gasteiger charge is 1.93. The van der Waals surface area contributed by atoms with Crippen LogP contribution in [-0.2, 0) is 9.59 Å². The molecular formula is C8H15NO4. The summed E-state index contributed by atoms with van der Waals surface area (Å²) in [6.45, 7) is 6.33. The molecule has 5 heteroatoms. The van der Waals surface area contributed by atoms with E-state index in [-0.39, 0.29) is 11.9 Å². The Hall–Kier alpha value is -1.36. The number of carboxylic acid groups (broad SMARTS) is 1. The average molecular weight is 189 g/mol. The van der Waals surface area contributed by atoms with Gasteiger partial charge in [0.2, 0.25) is 5.91 Å². The van der Waals surface area contributed by atoms with Crippen LogP contribution in [0.4, 0.5) is 0 Å². The van der Waals surface area contributed by atoms with Crippen molar-refractivity contribution in [2.24, 2.45) is 0 Å². The van der Waals surface area contributed by atoms with E-state index in [1.807, 2.05) is 13.8 Å². The number of amides is 1. The van der Waals surface area contributed by atoms with Gasteiger partial charge in [0.25, 0.3) is 0 Å². The van der Waals surface area contributed by atoms with Crippen LogP contribution in [0.25, 0.3) is 0 Å². The molecule has 0 aromatic rings. The van der Waals surface area contributed by atoms with E-state index >= 15 is 0 Å². The Bertz CT molecular complexity index is 177. The zero-order chi connectivity index (χ0) is 10.9. The van der Waals surface area contributed by atoms with Gasteiger partial charge in [-0.15, -0.1) is 0 Å². The van der Waals surface area contributed by atoms with E-state index < -0.39 is 12.6 Å². The highest BCUT2D eigenvalue weighted by Crippen LogP contribution is 1.75. The van der Waals surface area contributed by atoms with Crippen LogP contribution in [0, 0.1) is 0 Å². The summed E-state index contributed by atoms with van der Waals surface area (Å²) >= 11 is 0. The van der Waals surface area contributed by atoms with Gasteiger partial charge in [-0.25, -0.2) is 4.79 Å². The Morgan fingerprint density at radius 3 is 2.00 bits per heavy atom.